The summed E-state index contributed by atoms with van der Waals surface area (Å²) in [4.78, 5) is 16.5. The van der Waals surface area contributed by atoms with E-state index in [0.717, 1.165) is 6.54 Å². The molecule has 2 fully saturated rings. The number of carbonyl (C=O) groups excluding carboxylic acids is 1. The topological polar surface area (TPSA) is 95.7 Å². The van der Waals surface area contributed by atoms with Gasteiger partial charge < -0.3 is 10.2 Å². The molecule has 2 amide bonds. The second kappa shape index (κ2) is 6.70. The zero-order chi connectivity index (χ0) is 17.3. The van der Waals surface area contributed by atoms with E-state index in [4.69, 9.17) is 5.14 Å². The number of anilines is 1. The molecule has 2 aliphatic rings. The average molecular weight is 352 g/mol. The number of nitrogens with two attached hydrogens (primary N) is 1. The van der Waals surface area contributed by atoms with Crippen molar-refractivity contribution in [2.75, 3.05) is 25.0 Å². The van der Waals surface area contributed by atoms with Gasteiger partial charge in [0.05, 0.1) is 4.90 Å². The number of hydrogen-bond acceptors (Lipinski definition) is 4. The number of carbonyl (C=O) groups is 1. The van der Waals surface area contributed by atoms with E-state index in [1.54, 1.807) is 17.0 Å². The Morgan fingerprint density at radius 1 is 1.29 bits per heavy atom. The summed E-state index contributed by atoms with van der Waals surface area (Å²) in [5.41, 5.74) is 0.432. The minimum absolute atomic E-state index is 0.0103. The lowest BCUT2D eigenvalue weighted by molar-refractivity contribution is 0.0199. The van der Waals surface area contributed by atoms with Crippen molar-refractivity contribution in [2.45, 2.75) is 43.2 Å². The third-order valence-electron chi connectivity index (χ3n) is 4.89. The Bertz CT molecular complexity index is 716. The Balaban J connectivity index is 1.56. The van der Waals surface area contributed by atoms with Crippen molar-refractivity contribution in [2.24, 2.45) is 5.14 Å². The van der Waals surface area contributed by atoms with Crippen molar-refractivity contribution >= 4 is 21.7 Å². The van der Waals surface area contributed by atoms with Crippen LogP contribution in [-0.4, -0.2) is 56.0 Å². The number of nitrogens with one attached hydrogen (secondary N) is 1. The van der Waals surface area contributed by atoms with Crippen LogP contribution in [-0.2, 0) is 10.0 Å². The second-order valence-corrected chi connectivity index (χ2v) is 8.21. The van der Waals surface area contributed by atoms with Gasteiger partial charge in [0.25, 0.3) is 0 Å². The van der Waals surface area contributed by atoms with Gasteiger partial charge in [-0.1, -0.05) is 12.5 Å². The molecule has 24 heavy (non-hydrogen) atoms. The summed E-state index contributed by atoms with van der Waals surface area (Å²) in [5, 5.41) is 7.85. The van der Waals surface area contributed by atoms with Crippen LogP contribution < -0.4 is 10.5 Å². The van der Waals surface area contributed by atoms with Crippen molar-refractivity contribution < 1.29 is 13.2 Å². The van der Waals surface area contributed by atoms with Gasteiger partial charge in [-0.25, -0.2) is 18.4 Å². The summed E-state index contributed by atoms with van der Waals surface area (Å²) < 4.78 is 22.7. The quantitative estimate of drug-likeness (QED) is 0.860. The summed E-state index contributed by atoms with van der Waals surface area (Å²) in [6, 6.07) is 6.80. The molecule has 1 aromatic carbocycles. The van der Waals surface area contributed by atoms with Gasteiger partial charge in [-0.15, -0.1) is 0 Å². The van der Waals surface area contributed by atoms with Gasteiger partial charge in [0.2, 0.25) is 10.0 Å². The highest BCUT2D eigenvalue weighted by molar-refractivity contribution is 7.89. The van der Waals surface area contributed by atoms with E-state index in [-0.39, 0.29) is 10.9 Å². The lowest BCUT2D eigenvalue weighted by atomic mass is 9.98. The standard InChI is InChI=1S/C16H24N4O3S/c1-12-5-2-3-8-20(12)14-10-19(11-14)16(21)18-13-6-4-7-15(9-13)24(17,22)23/h4,6-7,9,12,14H,2-3,5,8,10-11H2,1H3,(H,18,21)(H2,17,22,23)/t12-/m1/s1. The normalized spacial score (nSPS) is 22.9. The van der Waals surface area contributed by atoms with Crippen LogP contribution in [0.3, 0.4) is 0 Å². The van der Waals surface area contributed by atoms with E-state index in [1.807, 2.05) is 0 Å². The third-order valence-corrected chi connectivity index (χ3v) is 5.80. The highest BCUT2D eigenvalue weighted by Gasteiger charge is 2.37. The van der Waals surface area contributed by atoms with E-state index >= 15 is 0 Å². The number of amides is 2. The smallest absolute Gasteiger partial charge is 0.321 e. The van der Waals surface area contributed by atoms with Crippen LogP contribution in [0.15, 0.2) is 29.2 Å². The summed E-state index contributed by atoms with van der Waals surface area (Å²) in [5.74, 6) is 0. The lowest BCUT2D eigenvalue weighted by Crippen LogP contribution is -2.64. The van der Waals surface area contributed by atoms with E-state index in [0.29, 0.717) is 30.9 Å². The zero-order valence-electron chi connectivity index (χ0n) is 13.8. The zero-order valence-corrected chi connectivity index (χ0v) is 14.6. The van der Waals surface area contributed by atoms with Crippen LogP contribution in [0.25, 0.3) is 0 Å². The van der Waals surface area contributed by atoms with E-state index in [1.165, 1.54) is 31.4 Å². The molecule has 132 valence electrons. The molecule has 0 spiro atoms. The molecule has 0 saturated carbocycles. The number of hydrogen-bond donors (Lipinski definition) is 2. The van der Waals surface area contributed by atoms with Gasteiger partial charge in [-0.05, 0) is 44.5 Å². The Morgan fingerprint density at radius 2 is 2.04 bits per heavy atom. The number of nitrogens with zero attached hydrogens (tertiary/aromatic N) is 2. The molecule has 8 heteroatoms. The van der Waals surface area contributed by atoms with Gasteiger partial charge in [-0.2, -0.15) is 0 Å². The van der Waals surface area contributed by atoms with E-state index < -0.39 is 10.0 Å². The minimum atomic E-state index is -3.77. The number of urea groups is 1. The number of primary sulfonamides is 1. The minimum Gasteiger partial charge on any atom is -0.321 e. The molecule has 2 heterocycles. The molecule has 3 N–H and O–H groups in total. The molecule has 1 atom stereocenters. The fourth-order valence-electron chi connectivity index (χ4n) is 3.45. The maximum atomic E-state index is 12.3. The fraction of sp³-hybridized carbons (Fsp3) is 0.562. The van der Waals surface area contributed by atoms with Crippen molar-refractivity contribution in [1.29, 1.82) is 0 Å². The van der Waals surface area contributed by atoms with Crippen LogP contribution in [0, 0.1) is 0 Å². The maximum Gasteiger partial charge on any atom is 0.321 e. The number of piperidine rings is 1. The number of rotatable bonds is 3. The Labute approximate surface area is 142 Å². The number of benzene rings is 1. The second-order valence-electron chi connectivity index (χ2n) is 6.64. The molecule has 3 rings (SSSR count). The molecular weight excluding hydrogens is 328 g/mol. The fourth-order valence-corrected chi connectivity index (χ4v) is 4.01. The van der Waals surface area contributed by atoms with Gasteiger partial charge in [0.1, 0.15) is 0 Å². The van der Waals surface area contributed by atoms with Gasteiger partial charge in [-0.3, -0.25) is 4.90 Å². The van der Waals surface area contributed by atoms with Crippen LogP contribution >= 0.6 is 0 Å². The molecule has 2 saturated heterocycles. The predicted molar refractivity (Wildman–Crippen MR) is 92.2 cm³/mol. The molecular formula is C16H24N4O3S. The summed E-state index contributed by atoms with van der Waals surface area (Å²) >= 11 is 0. The molecule has 7 nitrogen and oxygen atoms in total. The molecule has 1 aromatic rings. The van der Waals surface area contributed by atoms with Gasteiger partial charge >= 0.3 is 6.03 Å². The first-order chi connectivity index (χ1) is 11.3. The summed E-state index contributed by atoms with van der Waals surface area (Å²) in [6.07, 6.45) is 3.74. The molecule has 0 unspecified atom stereocenters. The van der Waals surface area contributed by atoms with Crippen LogP contribution in [0.1, 0.15) is 26.2 Å². The van der Waals surface area contributed by atoms with Crippen LogP contribution in [0.4, 0.5) is 10.5 Å². The summed E-state index contributed by atoms with van der Waals surface area (Å²) in [7, 11) is -3.77. The van der Waals surface area contributed by atoms with Crippen molar-refractivity contribution in [3.63, 3.8) is 0 Å². The molecule has 0 bridgehead atoms. The Hall–Kier alpha value is -1.64. The molecule has 2 aliphatic heterocycles. The first-order valence-corrected chi connectivity index (χ1v) is 9.84. The van der Waals surface area contributed by atoms with Crippen LogP contribution in [0.5, 0.6) is 0 Å². The molecule has 0 aliphatic carbocycles. The largest absolute Gasteiger partial charge is 0.321 e. The highest BCUT2D eigenvalue weighted by Crippen LogP contribution is 2.25. The summed E-state index contributed by atoms with van der Waals surface area (Å²) in [6.45, 7) is 4.79. The van der Waals surface area contributed by atoms with Crippen molar-refractivity contribution in [3.8, 4) is 0 Å². The monoisotopic (exact) mass is 352 g/mol. The first kappa shape index (κ1) is 17.2. The molecule has 0 radical (unpaired) electrons. The third kappa shape index (κ3) is 3.71. The van der Waals surface area contributed by atoms with Gasteiger partial charge in [0, 0.05) is 30.9 Å². The Morgan fingerprint density at radius 3 is 2.71 bits per heavy atom. The van der Waals surface area contributed by atoms with E-state index in [2.05, 4.69) is 17.1 Å². The lowest BCUT2D eigenvalue weighted by Gasteiger charge is -2.49. The average Bonchev–Trinajstić information content (AvgIpc) is 2.47. The maximum absolute atomic E-state index is 12.3. The SMILES string of the molecule is C[C@@H]1CCCCN1C1CN(C(=O)Nc2cccc(S(N)(=O)=O)c2)C1. The number of likely N-dealkylation sites (tertiary alicyclic amines) is 2. The van der Waals surface area contributed by atoms with Crippen molar-refractivity contribution in [1.82, 2.24) is 9.80 Å². The van der Waals surface area contributed by atoms with Crippen LogP contribution in [0.2, 0.25) is 0 Å². The predicted octanol–water partition coefficient (Wildman–Crippen LogP) is 1.42. The van der Waals surface area contributed by atoms with Crippen molar-refractivity contribution in [3.05, 3.63) is 24.3 Å². The Kier molecular flexibility index (Phi) is 4.80. The first-order valence-electron chi connectivity index (χ1n) is 8.29. The number of sulfonamides is 1. The highest BCUT2D eigenvalue weighted by atomic mass is 32.2. The van der Waals surface area contributed by atoms with Gasteiger partial charge in [0.15, 0.2) is 0 Å². The van der Waals surface area contributed by atoms with E-state index in [9.17, 15) is 13.2 Å². The molecule has 0 aromatic heterocycles.